The van der Waals surface area contributed by atoms with Crippen LogP contribution in [0.3, 0.4) is 0 Å². The van der Waals surface area contributed by atoms with Gasteiger partial charge in [-0.3, -0.25) is 0 Å². The molecule has 1 atom stereocenters. The van der Waals surface area contributed by atoms with Crippen LogP contribution in [0.15, 0.2) is 53.4 Å². The molecule has 1 unspecified atom stereocenters. The monoisotopic (exact) mass is 444 g/mol. The van der Waals surface area contributed by atoms with Crippen molar-refractivity contribution in [1.29, 1.82) is 0 Å². The van der Waals surface area contributed by atoms with Gasteiger partial charge in [-0.15, -0.1) is 0 Å². The molecule has 3 rings (SSSR count). The van der Waals surface area contributed by atoms with Crippen molar-refractivity contribution in [1.82, 2.24) is 9.62 Å². The lowest BCUT2D eigenvalue weighted by atomic mass is 10.0. The van der Waals surface area contributed by atoms with Gasteiger partial charge in [-0.25, -0.2) is 17.5 Å². The molecule has 2 N–H and O–H groups in total. The van der Waals surface area contributed by atoms with E-state index in [1.54, 1.807) is 0 Å². The highest BCUT2D eigenvalue weighted by Gasteiger charge is 2.26. The molecule has 2 aromatic carbocycles. The molecule has 1 aliphatic heterocycles. The number of hydrogen-bond acceptors (Lipinski definition) is 5. The van der Waals surface area contributed by atoms with Gasteiger partial charge in [-0.2, -0.15) is 8.78 Å². The number of aliphatic hydroxyl groups excluding tert-OH is 1. The summed E-state index contributed by atoms with van der Waals surface area (Å²) in [6.07, 6.45) is 0.320. The smallest absolute Gasteiger partial charge is 0.387 e. The minimum Gasteiger partial charge on any atom is -0.435 e. The van der Waals surface area contributed by atoms with Crippen LogP contribution in [0.25, 0.3) is 0 Å². The normalized spacial score (nSPS) is 17.2. The van der Waals surface area contributed by atoms with Crippen LogP contribution in [0.1, 0.15) is 24.5 Å². The zero-order valence-electron chi connectivity index (χ0n) is 16.0. The van der Waals surface area contributed by atoms with Gasteiger partial charge in [0.2, 0.25) is 10.0 Å². The lowest BCUT2D eigenvalue weighted by Crippen LogP contribution is -2.45. The predicted octanol–water partition coefficient (Wildman–Crippen LogP) is 2.90. The summed E-state index contributed by atoms with van der Waals surface area (Å²) in [6, 6.07) is 10.2. The molecule has 2 aromatic rings. The Bertz CT molecular complexity index is 916. The number of piperidine rings is 1. The zero-order valence-corrected chi connectivity index (χ0v) is 16.9. The summed E-state index contributed by atoms with van der Waals surface area (Å²) in [5, 5.41) is 10.4. The molecule has 0 spiro atoms. The van der Waals surface area contributed by atoms with Gasteiger partial charge in [-0.1, -0.05) is 12.1 Å². The molecule has 10 heteroatoms. The molecule has 1 fully saturated rings. The summed E-state index contributed by atoms with van der Waals surface area (Å²) in [4.78, 5) is 2.03. The molecule has 1 heterocycles. The minimum absolute atomic E-state index is 0.0148. The summed E-state index contributed by atoms with van der Waals surface area (Å²) < 4.78 is 69.1. The molecule has 0 saturated carbocycles. The second-order valence-electron chi connectivity index (χ2n) is 7.11. The highest BCUT2D eigenvalue weighted by atomic mass is 32.2. The number of ether oxygens (including phenoxy) is 1. The molecule has 1 aliphatic rings. The van der Waals surface area contributed by atoms with E-state index >= 15 is 0 Å². The van der Waals surface area contributed by atoms with Crippen molar-refractivity contribution in [2.24, 2.45) is 0 Å². The fourth-order valence-corrected chi connectivity index (χ4v) is 4.66. The number of rotatable bonds is 8. The fraction of sp³-hybridized carbons (Fsp3) is 0.400. The minimum atomic E-state index is -3.72. The maximum Gasteiger partial charge on any atom is 0.387 e. The first-order valence-corrected chi connectivity index (χ1v) is 10.9. The van der Waals surface area contributed by atoms with E-state index in [0.29, 0.717) is 38.0 Å². The standard InChI is InChI=1S/C20H23F3N2O4S/c21-15-3-7-18(8-4-15)30(27,28)24-16-9-11-25(12-10-16)13-19(26)14-1-5-17(6-2-14)29-20(22)23/h1-8,16,19-20,24,26H,9-13H2. The second kappa shape index (κ2) is 9.78. The van der Waals surface area contributed by atoms with Gasteiger partial charge in [0.1, 0.15) is 11.6 Å². The summed E-state index contributed by atoms with van der Waals surface area (Å²) in [5.41, 5.74) is 0.579. The molecule has 0 aromatic heterocycles. The van der Waals surface area contributed by atoms with E-state index < -0.39 is 28.6 Å². The molecule has 0 radical (unpaired) electrons. The van der Waals surface area contributed by atoms with E-state index in [0.717, 1.165) is 12.1 Å². The van der Waals surface area contributed by atoms with E-state index in [4.69, 9.17) is 0 Å². The van der Waals surface area contributed by atoms with Gasteiger partial charge in [0.05, 0.1) is 11.0 Å². The van der Waals surface area contributed by atoms with Gasteiger partial charge in [0.15, 0.2) is 0 Å². The molecular formula is C20H23F3N2O4S. The molecule has 0 amide bonds. The van der Waals surface area contributed by atoms with Gasteiger partial charge in [-0.05, 0) is 67.9 Å². The molecule has 0 bridgehead atoms. The Hall–Kier alpha value is -2.14. The van der Waals surface area contributed by atoms with Crippen molar-refractivity contribution in [3.05, 3.63) is 59.9 Å². The van der Waals surface area contributed by atoms with Crippen LogP contribution in [0.2, 0.25) is 0 Å². The van der Waals surface area contributed by atoms with Gasteiger partial charge in [0, 0.05) is 12.6 Å². The number of benzene rings is 2. The Balaban J connectivity index is 1.48. The first kappa shape index (κ1) is 22.5. The lowest BCUT2D eigenvalue weighted by molar-refractivity contribution is -0.0498. The number of likely N-dealkylation sites (tertiary alicyclic amines) is 1. The van der Waals surface area contributed by atoms with Crippen molar-refractivity contribution in [3.63, 3.8) is 0 Å². The van der Waals surface area contributed by atoms with Crippen molar-refractivity contribution in [3.8, 4) is 5.75 Å². The van der Waals surface area contributed by atoms with E-state index in [9.17, 15) is 26.7 Å². The number of alkyl halides is 2. The van der Waals surface area contributed by atoms with Crippen molar-refractivity contribution in [2.45, 2.75) is 36.5 Å². The Morgan fingerprint density at radius 2 is 1.67 bits per heavy atom. The topological polar surface area (TPSA) is 78.9 Å². The Kier molecular flexibility index (Phi) is 7.35. The molecule has 0 aliphatic carbocycles. The maximum atomic E-state index is 13.0. The van der Waals surface area contributed by atoms with Crippen LogP contribution in [-0.4, -0.2) is 50.7 Å². The number of hydrogen-bond donors (Lipinski definition) is 2. The summed E-state index contributed by atoms with van der Waals surface area (Å²) in [5.74, 6) is -0.479. The average Bonchev–Trinajstić information content (AvgIpc) is 2.69. The van der Waals surface area contributed by atoms with E-state index in [1.807, 2.05) is 4.90 Å². The number of halogens is 3. The van der Waals surface area contributed by atoms with Crippen LogP contribution < -0.4 is 9.46 Å². The van der Waals surface area contributed by atoms with Crippen molar-refractivity contribution in [2.75, 3.05) is 19.6 Å². The SMILES string of the molecule is O=S(=O)(NC1CCN(CC(O)c2ccc(OC(F)F)cc2)CC1)c1ccc(F)cc1. The first-order chi connectivity index (χ1) is 14.2. The Labute approximate surface area is 173 Å². The molecule has 30 heavy (non-hydrogen) atoms. The molecule has 1 saturated heterocycles. The third-order valence-corrected chi connectivity index (χ3v) is 6.49. The van der Waals surface area contributed by atoms with Gasteiger partial charge >= 0.3 is 6.61 Å². The number of sulfonamides is 1. The zero-order chi connectivity index (χ0) is 21.7. The third kappa shape index (κ3) is 6.18. The van der Waals surface area contributed by atoms with Crippen LogP contribution in [0.5, 0.6) is 5.75 Å². The van der Waals surface area contributed by atoms with Gasteiger partial charge < -0.3 is 14.7 Å². The summed E-state index contributed by atoms with van der Waals surface area (Å²) >= 11 is 0. The number of β-amino-alcohol motifs (C(OH)–C–C–N with tert-alkyl or cyclic N) is 1. The number of nitrogens with one attached hydrogen (secondary N) is 1. The van der Waals surface area contributed by atoms with Gasteiger partial charge in [0.25, 0.3) is 0 Å². The van der Waals surface area contributed by atoms with Crippen LogP contribution in [0, 0.1) is 5.82 Å². The van der Waals surface area contributed by atoms with E-state index in [1.165, 1.54) is 36.4 Å². The molecular weight excluding hydrogens is 421 g/mol. The summed E-state index contributed by atoms with van der Waals surface area (Å²) in [7, 11) is -3.72. The number of nitrogens with zero attached hydrogens (tertiary/aromatic N) is 1. The Morgan fingerprint density at radius 3 is 2.23 bits per heavy atom. The van der Waals surface area contributed by atoms with Crippen LogP contribution in [-0.2, 0) is 10.0 Å². The molecule has 6 nitrogen and oxygen atoms in total. The van der Waals surface area contributed by atoms with Crippen LogP contribution >= 0.6 is 0 Å². The first-order valence-electron chi connectivity index (χ1n) is 9.46. The highest BCUT2D eigenvalue weighted by Crippen LogP contribution is 2.22. The fourth-order valence-electron chi connectivity index (χ4n) is 3.36. The van der Waals surface area contributed by atoms with Crippen LogP contribution in [0.4, 0.5) is 13.2 Å². The highest BCUT2D eigenvalue weighted by molar-refractivity contribution is 7.89. The van der Waals surface area contributed by atoms with E-state index in [-0.39, 0.29) is 16.7 Å². The van der Waals surface area contributed by atoms with Crippen molar-refractivity contribution < 1.29 is 31.4 Å². The van der Waals surface area contributed by atoms with Crippen molar-refractivity contribution >= 4 is 10.0 Å². The number of aliphatic hydroxyl groups is 1. The third-order valence-electron chi connectivity index (χ3n) is 4.95. The predicted molar refractivity (Wildman–Crippen MR) is 104 cm³/mol. The molecule has 164 valence electrons. The summed E-state index contributed by atoms with van der Waals surface area (Å²) in [6.45, 7) is -1.39. The largest absolute Gasteiger partial charge is 0.435 e. The maximum absolute atomic E-state index is 13.0. The lowest BCUT2D eigenvalue weighted by Gasteiger charge is -2.33. The van der Waals surface area contributed by atoms with E-state index in [2.05, 4.69) is 9.46 Å². The average molecular weight is 444 g/mol. The second-order valence-corrected chi connectivity index (χ2v) is 8.83. The quantitative estimate of drug-likeness (QED) is 0.655. The Morgan fingerprint density at radius 1 is 1.07 bits per heavy atom.